The predicted octanol–water partition coefficient (Wildman–Crippen LogP) is 2.43. The van der Waals surface area contributed by atoms with Crippen molar-refractivity contribution >= 4 is 5.97 Å². The monoisotopic (exact) mass is 270 g/mol. The Morgan fingerprint density at radius 1 is 1.18 bits per heavy atom. The van der Waals surface area contributed by atoms with Crippen molar-refractivity contribution in [2.45, 2.75) is 24.8 Å². The second-order valence-corrected chi connectivity index (χ2v) is 2.75. The molecule has 0 aliphatic heterocycles. The van der Waals surface area contributed by atoms with Crippen LogP contribution in [0.4, 0.5) is 30.7 Å². The number of aliphatic carboxylic acids is 1. The smallest absolute Gasteiger partial charge is 0.478 e. The summed E-state index contributed by atoms with van der Waals surface area (Å²) in [5, 5.41) is 8.07. The zero-order valence-corrected chi connectivity index (χ0v) is 7.77. The normalized spacial score (nSPS) is 16.4. The van der Waals surface area contributed by atoms with Crippen LogP contribution in [0.1, 0.15) is 0 Å². The fourth-order valence-electron chi connectivity index (χ4n) is 0.652. The van der Waals surface area contributed by atoms with Crippen LogP contribution in [0.15, 0.2) is 12.2 Å². The van der Waals surface area contributed by atoms with Crippen LogP contribution in [0, 0.1) is 0 Å². The number of hydrogen-bond donors (Lipinski definition) is 1. The number of carboxylic acid groups (broad SMARTS) is 1. The van der Waals surface area contributed by atoms with Gasteiger partial charge in [-0.1, -0.05) is 6.58 Å². The Kier molecular flexibility index (Phi) is 4.52. The van der Waals surface area contributed by atoms with Gasteiger partial charge in [0.05, 0.1) is 5.57 Å². The molecule has 0 aliphatic carbocycles. The largest absolute Gasteiger partial charge is 0.525 e. The number of carbonyl (C=O) groups is 1. The molecule has 0 fully saturated rings. The minimum Gasteiger partial charge on any atom is -0.478 e. The van der Waals surface area contributed by atoms with Gasteiger partial charge in [0, 0.05) is 0 Å². The highest BCUT2D eigenvalue weighted by atomic mass is 19.4. The molecule has 0 saturated heterocycles. The molecule has 0 amide bonds. The summed E-state index contributed by atoms with van der Waals surface area (Å²) in [6, 6.07) is 0. The molecule has 0 aromatic heterocycles. The molecule has 0 bridgehead atoms. The highest BCUT2D eigenvalue weighted by Gasteiger charge is 2.55. The molecule has 2 atom stereocenters. The first-order valence-electron chi connectivity index (χ1n) is 3.72. The van der Waals surface area contributed by atoms with E-state index in [4.69, 9.17) is 5.11 Å². The van der Waals surface area contributed by atoms with Crippen molar-refractivity contribution in [1.29, 1.82) is 0 Å². The average molecular weight is 270 g/mol. The molecule has 0 radical (unpaired) electrons. The molecule has 0 heterocycles. The molecule has 0 aromatic carbocycles. The maximum absolute atomic E-state index is 12.7. The summed E-state index contributed by atoms with van der Waals surface area (Å²) in [4.78, 5) is 10.0. The van der Waals surface area contributed by atoms with Crippen LogP contribution in [-0.4, -0.2) is 35.9 Å². The fraction of sp³-hybridized carbons (Fsp3) is 0.571. The zero-order valence-electron chi connectivity index (χ0n) is 7.77. The van der Waals surface area contributed by atoms with Gasteiger partial charge in [-0.25, -0.2) is 13.6 Å². The van der Waals surface area contributed by atoms with Gasteiger partial charge in [-0.3, -0.25) is 4.74 Å². The van der Waals surface area contributed by atoms with Gasteiger partial charge in [0.25, 0.3) is 6.36 Å². The fourth-order valence-corrected chi connectivity index (χ4v) is 0.652. The Morgan fingerprint density at radius 2 is 1.59 bits per heavy atom. The van der Waals surface area contributed by atoms with Crippen molar-refractivity contribution in [3.63, 3.8) is 0 Å². The van der Waals surface area contributed by atoms with E-state index in [-0.39, 0.29) is 0 Å². The number of ether oxygens (including phenoxy) is 1. The van der Waals surface area contributed by atoms with Crippen LogP contribution in [0.25, 0.3) is 0 Å². The van der Waals surface area contributed by atoms with E-state index in [2.05, 4.69) is 11.3 Å². The van der Waals surface area contributed by atoms with Crippen molar-refractivity contribution in [2.75, 3.05) is 0 Å². The minimum absolute atomic E-state index is 1.79. The summed E-state index contributed by atoms with van der Waals surface area (Å²) in [5.41, 5.74) is -1.79. The van der Waals surface area contributed by atoms with Crippen molar-refractivity contribution in [3.05, 3.63) is 12.2 Å². The van der Waals surface area contributed by atoms with Crippen LogP contribution in [-0.2, 0) is 9.53 Å². The molecule has 0 saturated carbocycles. The van der Waals surface area contributed by atoms with Crippen LogP contribution < -0.4 is 0 Å². The van der Waals surface area contributed by atoms with E-state index in [1.807, 2.05) is 0 Å². The van der Waals surface area contributed by atoms with E-state index >= 15 is 0 Å². The predicted molar refractivity (Wildman–Crippen MR) is 38.7 cm³/mol. The molecule has 1 N–H and O–H groups in total. The first kappa shape index (κ1) is 15.7. The van der Waals surface area contributed by atoms with Gasteiger partial charge in [-0.05, 0) is 0 Å². The molecule has 0 rings (SSSR count). The van der Waals surface area contributed by atoms with Gasteiger partial charge in [0.15, 0.2) is 0 Å². The highest BCUT2D eigenvalue weighted by Crippen LogP contribution is 2.35. The highest BCUT2D eigenvalue weighted by molar-refractivity contribution is 5.87. The first-order valence-corrected chi connectivity index (χ1v) is 3.72. The summed E-state index contributed by atoms with van der Waals surface area (Å²) in [6.45, 7) is 2.34. The van der Waals surface area contributed by atoms with Crippen LogP contribution in [0.2, 0.25) is 0 Å². The number of alkyl halides is 7. The van der Waals surface area contributed by atoms with Crippen LogP contribution >= 0.6 is 0 Å². The number of carboxylic acids is 1. The Labute approximate surface area is 89.5 Å². The van der Waals surface area contributed by atoms with Gasteiger partial charge in [-0.15, -0.1) is 13.2 Å². The molecular formula is C7H5F7O3. The number of halogens is 7. The van der Waals surface area contributed by atoms with Gasteiger partial charge in [0.1, 0.15) is 0 Å². The molecule has 100 valence electrons. The Bertz CT molecular complexity index is 311. The lowest BCUT2D eigenvalue weighted by atomic mass is 10.1. The lowest BCUT2D eigenvalue weighted by Gasteiger charge is -2.24. The quantitative estimate of drug-likeness (QED) is 0.616. The molecule has 0 spiro atoms. The summed E-state index contributed by atoms with van der Waals surface area (Å²) >= 11 is 0. The van der Waals surface area contributed by atoms with E-state index in [0.29, 0.717) is 0 Å². The summed E-state index contributed by atoms with van der Waals surface area (Å²) < 4.78 is 86.9. The summed E-state index contributed by atoms with van der Waals surface area (Å²) in [6.07, 6.45) is -14.0. The van der Waals surface area contributed by atoms with E-state index < -0.39 is 36.4 Å². The number of hydrogen-bond acceptors (Lipinski definition) is 2. The topological polar surface area (TPSA) is 46.5 Å². The van der Waals surface area contributed by atoms with Crippen LogP contribution in [0.5, 0.6) is 0 Å². The Morgan fingerprint density at radius 3 is 1.88 bits per heavy atom. The summed E-state index contributed by atoms with van der Waals surface area (Å²) in [7, 11) is 0. The van der Waals surface area contributed by atoms with Gasteiger partial charge in [-0.2, -0.15) is 8.78 Å². The van der Waals surface area contributed by atoms with E-state index in [1.165, 1.54) is 0 Å². The minimum atomic E-state index is -5.76. The van der Waals surface area contributed by atoms with Crippen molar-refractivity contribution in [2.24, 2.45) is 0 Å². The van der Waals surface area contributed by atoms with Gasteiger partial charge >= 0.3 is 18.3 Å². The maximum atomic E-state index is 12.7. The lowest BCUT2D eigenvalue weighted by molar-refractivity contribution is -0.390. The van der Waals surface area contributed by atoms with Crippen molar-refractivity contribution < 1.29 is 45.4 Å². The molecule has 0 aliphatic rings. The van der Waals surface area contributed by atoms with E-state index in [1.54, 1.807) is 0 Å². The molecule has 2 unspecified atom stereocenters. The Hall–Kier alpha value is -1.32. The molecule has 0 aromatic rings. The average Bonchev–Trinajstić information content (AvgIpc) is 2.12. The lowest BCUT2D eigenvalue weighted by Crippen LogP contribution is -2.45. The molecular weight excluding hydrogens is 265 g/mol. The maximum Gasteiger partial charge on any atom is 0.525 e. The molecule has 17 heavy (non-hydrogen) atoms. The standard InChI is InChI=1S/C7H5F7O3/c1-2(4(15)16)3(8)6(10,11)5(9)17-7(12,13)14/h3,5H,1H2,(H,15,16). The van der Waals surface area contributed by atoms with Crippen LogP contribution in [0.3, 0.4) is 0 Å². The second kappa shape index (κ2) is 4.90. The van der Waals surface area contributed by atoms with Gasteiger partial charge in [0.2, 0.25) is 6.17 Å². The second-order valence-electron chi connectivity index (χ2n) is 2.75. The molecule has 3 nitrogen and oxygen atoms in total. The SMILES string of the molecule is C=C(C(=O)O)C(F)C(F)(F)C(F)OC(F)(F)F. The summed E-state index contributed by atoms with van der Waals surface area (Å²) in [5.74, 6) is -7.57. The first-order chi connectivity index (χ1) is 7.39. The number of rotatable bonds is 5. The zero-order chi connectivity index (χ0) is 14.0. The Balaban J connectivity index is 4.88. The third-order valence-electron chi connectivity index (χ3n) is 1.46. The molecule has 10 heteroatoms. The third kappa shape index (κ3) is 4.21. The van der Waals surface area contributed by atoms with Gasteiger partial charge < -0.3 is 5.11 Å². The third-order valence-corrected chi connectivity index (χ3v) is 1.46. The van der Waals surface area contributed by atoms with Crippen molar-refractivity contribution in [3.8, 4) is 0 Å². The van der Waals surface area contributed by atoms with E-state index in [9.17, 15) is 35.5 Å². The van der Waals surface area contributed by atoms with E-state index in [0.717, 1.165) is 0 Å². The van der Waals surface area contributed by atoms with Crippen molar-refractivity contribution in [1.82, 2.24) is 0 Å².